The standard InChI is InChI=1S/C27H33F4N5O2/c1-17-2-5-23-24(17)25(33-16-32-23)35-10-12-36(13-11-35)26(38)20(15-34-8-6-19(37)7-9-34)18-3-4-21(22(28)14-18)27(29,30)31/h3-4,14,16-17,19-20,37H,2,5-13,15H2,1H3/t17-,20+/m1/s1. The van der Waals surface area contributed by atoms with Gasteiger partial charge in [-0.15, -0.1) is 0 Å². The Bertz CT molecular complexity index is 1160. The molecule has 0 unspecified atom stereocenters. The Kier molecular flexibility index (Phi) is 7.59. The zero-order chi connectivity index (χ0) is 27.0. The molecule has 1 aromatic heterocycles. The van der Waals surface area contributed by atoms with Crippen LogP contribution in [0, 0.1) is 5.82 Å². The number of aliphatic hydroxyl groups excluding tert-OH is 1. The largest absolute Gasteiger partial charge is 0.419 e. The van der Waals surface area contributed by atoms with Gasteiger partial charge in [-0.05, 0) is 49.3 Å². The molecule has 1 aliphatic carbocycles. The summed E-state index contributed by atoms with van der Waals surface area (Å²) in [6, 6.07) is 2.79. The van der Waals surface area contributed by atoms with Gasteiger partial charge in [0.15, 0.2) is 0 Å². The van der Waals surface area contributed by atoms with Crippen molar-refractivity contribution in [3.8, 4) is 0 Å². The van der Waals surface area contributed by atoms with Crippen molar-refractivity contribution in [2.75, 3.05) is 50.7 Å². The molecule has 3 heterocycles. The molecule has 0 radical (unpaired) electrons. The number of carbonyl (C=O) groups is 1. The molecule has 206 valence electrons. The first kappa shape index (κ1) is 26.8. The number of hydrogen-bond donors (Lipinski definition) is 1. The minimum Gasteiger partial charge on any atom is -0.393 e. The summed E-state index contributed by atoms with van der Waals surface area (Å²) in [5.74, 6) is -1.12. The van der Waals surface area contributed by atoms with Crippen LogP contribution in [0.5, 0.6) is 0 Å². The summed E-state index contributed by atoms with van der Waals surface area (Å²) in [5.41, 5.74) is 1.15. The van der Waals surface area contributed by atoms with E-state index >= 15 is 0 Å². The summed E-state index contributed by atoms with van der Waals surface area (Å²) in [4.78, 5) is 28.7. The quantitative estimate of drug-likeness (QED) is 0.591. The molecular formula is C27H33F4N5O2. The third-order valence-electron chi connectivity index (χ3n) is 8.14. The van der Waals surface area contributed by atoms with Crippen molar-refractivity contribution >= 4 is 11.7 Å². The van der Waals surface area contributed by atoms with Crippen molar-refractivity contribution in [1.29, 1.82) is 0 Å². The molecule has 1 N–H and O–H groups in total. The number of amides is 1. The topological polar surface area (TPSA) is 72.8 Å². The van der Waals surface area contributed by atoms with Gasteiger partial charge >= 0.3 is 6.18 Å². The molecule has 5 rings (SSSR count). The molecule has 2 aliphatic heterocycles. The van der Waals surface area contributed by atoms with Gasteiger partial charge in [-0.1, -0.05) is 13.0 Å². The van der Waals surface area contributed by atoms with Gasteiger partial charge in [0.25, 0.3) is 0 Å². The molecule has 0 spiro atoms. The molecule has 2 saturated heterocycles. The normalized spacial score (nSPS) is 22.0. The van der Waals surface area contributed by atoms with Crippen LogP contribution in [-0.2, 0) is 17.4 Å². The zero-order valence-electron chi connectivity index (χ0n) is 21.4. The first-order valence-corrected chi connectivity index (χ1v) is 13.3. The second kappa shape index (κ2) is 10.8. The maximum absolute atomic E-state index is 14.5. The number of anilines is 1. The smallest absolute Gasteiger partial charge is 0.393 e. The van der Waals surface area contributed by atoms with Gasteiger partial charge in [0, 0.05) is 57.1 Å². The first-order chi connectivity index (χ1) is 18.1. The van der Waals surface area contributed by atoms with Gasteiger partial charge in [-0.2, -0.15) is 13.2 Å². The minimum absolute atomic E-state index is 0.226. The van der Waals surface area contributed by atoms with Crippen molar-refractivity contribution in [3.63, 3.8) is 0 Å². The van der Waals surface area contributed by atoms with Crippen LogP contribution >= 0.6 is 0 Å². The molecule has 0 bridgehead atoms. The van der Waals surface area contributed by atoms with E-state index in [1.807, 2.05) is 4.90 Å². The maximum atomic E-state index is 14.5. The van der Waals surface area contributed by atoms with Crippen LogP contribution in [0.3, 0.4) is 0 Å². The molecule has 1 amide bonds. The Balaban J connectivity index is 1.34. The number of aromatic nitrogens is 2. The van der Waals surface area contributed by atoms with E-state index in [1.54, 1.807) is 11.2 Å². The predicted molar refractivity (Wildman–Crippen MR) is 133 cm³/mol. The number of piperidine rings is 1. The fourth-order valence-electron chi connectivity index (χ4n) is 5.90. The highest BCUT2D eigenvalue weighted by molar-refractivity contribution is 5.84. The number of alkyl halides is 3. The lowest BCUT2D eigenvalue weighted by atomic mass is 9.94. The van der Waals surface area contributed by atoms with E-state index in [0.29, 0.717) is 58.0 Å². The van der Waals surface area contributed by atoms with Gasteiger partial charge in [0.2, 0.25) is 5.91 Å². The number of rotatable bonds is 5. The second-order valence-electron chi connectivity index (χ2n) is 10.6. The summed E-state index contributed by atoms with van der Waals surface area (Å²) < 4.78 is 54.0. The van der Waals surface area contributed by atoms with Crippen LogP contribution in [0.2, 0.25) is 0 Å². The number of benzene rings is 1. The first-order valence-electron chi connectivity index (χ1n) is 13.3. The van der Waals surface area contributed by atoms with Crippen LogP contribution in [0.1, 0.15) is 60.4 Å². The van der Waals surface area contributed by atoms with Crippen molar-refractivity contribution in [1.82, 2.24) is 19.8 Å². The van der Waals surface area contributed by atoms with E-state index < -0.39 is 29.6 Å². The third kappa shape index (κ3) is 5.49. The van der Waals surface area contributed by atoms with Gasteiger partial charge in [-0.3, -0.25) is 4.79 Å². The molecule has 11 heteroatoms. The van der Waals surface area contributed by atoms with Crippen LogP contribution in [0.15, 0.2) is 24.5 Å². The molecule has 2 fully saturated rings. The number of halogens is 4. The SMILES string of the molecule is C[C@@H]1CCc2ncnc(N3CCN(C(=O)[C@@H](CN4CCC(O)CC4)c4ccc(C(F)(F)F)c(F)c4)CC3)c21. The Morgan fingerprint density at radius 1 is 1.08 bits per heavy atom. The van der Waals surface area contributed by atoms with E-state index in [0.717, 1.165) is 36.5 Å². The van der Waals surface area contributed by atoms with Crippen LogP contribution in [-0.4, -0.2) is 82.7 Å². The molecule has 2 aromatic rings. The lowest BCUT2D eigenvalue weighted by Crippen LogP contribution is -2.52. The summed E-state index contributed by atoms with van der Waals surface area (Å²) in [6.07, 6.45) is -0.523. The highest BCUT2D eigenvalue weighted by Crippen LogP contribution is 2.37. The number of nitrogens with zero attached hydrogens (tertiary/aromatic N) is 5. The Labute approximate surface area is 219 Å². The number of fused-ring (bicyclic) bond motifs is 1. The molecule has 1 aromatic carbocycles. The maximum Gasteiger partial charge on any atom is 0.419 e. The second-order valence-corrected chi connectivity index (χ2v) is 10.6. The van der Waals surface area contributed by atoms with Crippen LogP contribution in [0.25, 0.3) is 0 Å². The lowest BCUT2D eigenvalue weighted by molar-refractivity contribution is -0.140. The van der Waals surface area contributed by atoms with Gasteiger partial charge in [0.1, 0.15) is 18.0 Å². The van der Waals surface area contributed by atoms with Gasteiger partial charge in [-0.25, -0.2) is 14.4 Å². The molecule has 7 nitrogen and oxygen atoms in total. The van der Waals surface area contributed by atoms with E-state index in [-0.39, 0.29) is 18.0 Å². The number of carbonyl (C=O) groups excluding carboxylic acids is 1. The van der Waals surface area contributed by atoms with E-state index in [4.69, 9.17) is 0 Å². The van der Waals surface area contributed by atoms with Crippen LogP contribution < -0.4 is 4.90 Å². The fraction of sp³-hybridized carbons (Fsp3) is 0.593. The third-order valence-corrected chi connectivity index (χ3v) is 8.14. The van der Waals surface area contributed by atoms with E-state index in [1.165, 1.54) is 11.6 Å². The van der Waals surface area contributed by atoms with Crippen molar-refractivity contribution in [3.05, 3.63) is 52.7 Å². The Hall–Kier alpha value is -2.79. The Morgan fingerprint density at radius 2 is 1.79 bits per heavy atom. The number of aryl methyl sites for hydroxylation is 1. The molecule has 38 heavy (non-hydrogen) atoms. The monoisotopic (exact) mass is 535 g/mol. The number of piperazine rings is 1. The average Bonchev–Trinajstić information content (AvgIpc) is 3.28. The summed E-state index contributed by atoms with van der Waals surface area (Å²) >= 11 is 0. The van der Waals surface area contributed by atoms with E-state index in [2.05, 4.69) is 21.8 Å². The summed E-state index contributed by atoms with van der Waals surface area (Å²) in [6.45, 7) is 5.59. The highest BCUT2D eigenvalue weighted by Gasteiger charge is 2.37. The molecule has 0 saturated carbocycles. The Morgan fingerprint density at radius 3 is 2.45 bits per heavy atom. The molecule has 2 atom stereocenters. The highest BCUT2D eigenvalue weighted by atomic mass is 19.4. The minimum atomic E-state index is -4.81. The predicted octanol–water partition coefficient (Wildman–Crippen LogP) is 3.57. The molecular weight excluding hydrogens is 502 g/mol. The van der Waals surface area contributed by atoms with Gasteiger partial charge in [0.05, 0.1) is 17.6 Å². The van der Waals surface area contributed by atoms with E-state index in [9.17, 15) is 27.5 Å². The lowest BCUT2D eigenvalue weighted by Gasteiger charge is -2.39. The molecule has 3 aliphatic rings. The van der Waals surface area contributed by atoms with Gasteiger partial charge < -0.3 is 19.8 Å². The summed E-state index contributed by atoms with van der Waals surface area (Å²) in [5, 5.41) is 9.86. The average molecular weight is 536 g/mol. The number of aliphatic hydroxyl groups is 1. The number of hydrogen-bond acceptors (Lipinski definition) is 6. The van der Waals surface area contributed by atoms with Crippen molar-refractivity contribution in [2.24, 2.45) is 0 Å². The van der Waals surface area contributed by atoms with Crippen molar-refractivity contribution < 1.29 is 27.5 Å². The number of likely N-dealkylation sites (tertiary alicyclic amines) is 1. The van der Waals surface area contributed by atoms with Crippen LogP contribution in [0.4, 0.5) is 23.4 Å². The summed E-state index contributed by atoms with van der Waals surface area (Å²) in [7, 11) is 0. The van der Waals surface area contributed by atoms with Crippen molar-refractivity contribution in [2.45, 2.75) is 56.7 Å². The fourth-order valence-corrected chi connectivity index (χ4v) is 5.90. The zero-order valence-corrected chi connectivity index (χ0v) is 21.4.